The summed E-state index contributed by atoms with van der Waals surface area (Å²) in [5.74, 6) is -2.29. The number of unbranched alkanes of at least 4 members (excludes halogenated alkanes) is 30. The summed E-state index contributed by atoms with van der Waals surface area (Å²) in [6, 6.07) is 0. The molecule has 0 aliphatic rings. The highest BCUT2D eigenvalue weighted by Crippen LogP contribution is 2.17. The van der Waals surface area contributed by atoms with E-state index in [-0.39, 0.29) is 32.2 Å². The first kappa shape index (κ1) is 60.8. The fourth-order valence-corrected chi connectivity index (χ4v) is 7.58. The van der Waals surface area contributed by atoms with Crippen molar-refractivity contribution < 1.29 is 42.9 Å². The van der Waals surface area contributed by atoms with E-state index in [2.05, 4.69) is 38.2 Å². The summed E-state index contributed by atoms with van der Waals surface area (Å²) in [6.07, 6.45) is 49.4. The highest BCUT2D eigenvalue weighted by Gasteiger charge is 2.22. The van der Waals surface area contributed by atoms with Gasteiger partial charge in [0, 0.05) is 12.8 Å². The summed E-state index contributed by atoms with van der Waals surface area (Å²) in [4.78, 5) is 37.1. The Labute approximate surface area is 388 Å². The van der Waals surface area contributed by atoms with Crippen molar-refractivity contribution in [1.29, 1.82) is 0 Å². The Bertz CT molecular complexity index is 1090. The number of hydrogen-bond donors (Lipinski definition) is 0. The Morgan fingerprint density at radius 2 is 0.889 bits per heavy atom. The van der Waals surface area contributed by atoms with Gasteiger partial charge >= 0.3 is 11.9 Å². The van der Waals surface area contributed by atoms with E-state index in [0.717, 1.165) is 64.2 Å². The highest BCUT2D eigenvalue weighted by atomic mass is 16.7. The molecule has 2 atom stereocenters. The molecule has 0 aromatic carbocycles. The van der Waals surface area contributed by atoms with Crippen LogP contribution in [0.15, 0.2) is 24.3 Å². The Hall–Kier alpha value is -2.23. The van der Waals surface area contributed by atoms with Gasteiger partial charge in [-0.25, -0.2) is 0 Å². The van der Waals surface area contributed by atoms with E-state index in [1.165, 1.54) is 148 Å². The van der Waals surface area contributed by atoms with E-state index in [4.69, 9.17) is 18.9 Å². The molecule has 0 amide bonds. The van der Waals surface area contributed by atoms with Crippen molar-refractivity contribution in [3.8, 4) is 0 Å². The second-order valence-electron chi connectivity index (χ2n) is 19.2. The maximum atomic E-state index is 12.8. The SMILES string of the molecule is CCC/C=C\C/C=C\CCCCCCCC(=O)OC(COC(=O)CCCCCCCCCCCCCCCCCCCCCCCCCCC)COC(OCC[N+](C)(C)C)C(=O)[O-]. The molecule has 0 saturated heterocycles. The molecule has 0 aromatic rings. The Kier molecular flexibility index (Phi) is 44.7. The molecule has 0 heterocycles. The van der Waals surface area contributed by atoms with Crippen molar-refractivity contribution in [2.24, 2.45) is 0 Å². The van der Waals surface area contributed by atoms with Gasteiger partial charge in [-0.2, -0.15) is 0 Å². The Morgan fingerprint density at radius 3 is 1.32 bits per heavy atom. The first-order chi connectivity index (χ1) is 30.6. The van der Waals surface area contributed by atoms with E-state index < -0.39 is 24.3 Å². The third-order valence-corrected chi connectivity index (χ3v) is 11.7. The zero-order valence-electron chi connectivity index (χ0n) is 42.0. The zero-order chi connectivity index (χ0) is 46.3. The first-order valence-corrected chi connectivity index (χ1v) is 26.5. The number of hydrogen-bond acceptors (Lipinski definition) is 8. The van der Waals surface area contributed by atoms with Gasteiger partial charge in [-0.1, -0.05) is 218 Å². The number of nitrogens with zero attached hydrogens (tertiary/aromatic N) is 1. The smallest absolute Gasteiger partial charge is 0.306 e. The van der Waals surface area contributed by atoms with Crippen molar-refractivity contribution in [2.45, 2.75) is 257 Å². The average Bonchev–Trinajstić information content (AvgIpc) is 3.24. The van der Waals surface area contributed by atoms with Gasteiger partial charge in [0.2, 0.25) is 0 Å². The summed E-state index contributed by atoms with van der Waals surface area (Å²) in [5.41, 5.74) is 0. The van der Waals surface area contributed by atoms with Crippen LogP contribution >= 0.6 is 0 Å². The lowest BCUT2D eigenvalue weighted by molar-refractivity contribution is -0.870. The number of quaternary nitrogens is 1. The zero-order valence-corrected chi connectivity index (χ0v) is 42.0. The molecule has 0 aromatic heterocycles. The maximum absolute atomic E-state index is 12.8. The van der Waals surface area contributed by atoms with Gasteiger partial charge in [0.15, 0.2) is 12.4 Å². The lowest BCUT2D eigenvalue weighted by Crippen LogP contribution is -2.44. The fraction of sp³-hybridized carbons (Fsp3) is 0.870. The van der Waals surface area contributed by atoms with E-state index in [1.54, 1.807) is 0 Å². The van der Waals surface area contributed by atoms with E-state index in [0.29, 0.717) is 23.9 Å². The number of carbonyl (C=O) groups excluding carboxylic acids is 3. The van der Waals surface area contributed by atoms with Crippen LogP contribution in [-0.4, -0.2) is 82.3 Å². The molecule has 370 valence electrons. The third-order valence-electron chi connectivity index (χ3n) is 11.7. The lowest BCUT2D eigenvalue weighted by atomic mass is 10.0. The predicted molar refractivity (Wildman–Crippen MR) is 260 cm³/mol. The minimum atomic E-state index is -1.62. The van der Waals surface area contributed by atoms with Gasteiger partial charge in [-0.3, -0.25) is 9.59 Å². The van der Waals surface area contributed by atoms with Crippen LogP contribution < -0.4 is 5.11 Å². The summed E-state index contributed by atoms with van der Waals surface area (Å²) in [5, 5.41) is 11.7. The second-order valence-corrected chi connectivity index (χ2v) is 19.2. The van der Waals surface area contributed by atoms with Crippen molar-refractivity contribution in [1.82, 2.24) is 0 Å². The normalized spacial score (nSPS) is 13.0. The van der Waals surface area contributed by atoms with Gasteiger partial charge in [0.05, 0.1) is 40.3 Å². The molecular weight excluding hydrogens is 791 g/mol. The number of aliphatic carboxylic acids is 1. The van der Waals surface area contributed by atoms with Crippen LogP contribution in [0.3, 0.4) is 0 Å². The number of esters is 2. The van der Waals surface area contributed by atoms with Crippen molar-refractivity contribution >= 4 is 17.9 Å². The fourth-order valence-electron chi connectivity index (χ4n) is 7.58. The Morgan fingerprint density at radius 1 is 0.476 bits per heavy atom. The lowest BCUT2D eigenvalue weighted by Gasteiger charge is -2.26. The molecule has 0 spiro atoms. The minimum absolute atomic E-state index is 0.147. The largest absolute Gasteiger partial charge is 0.545 e. The molecule has 9 nitrogen and oxygen atoms in total. The van der Waals surface area contributed by atoms with Crippen LogP contribution in [0.4, 0.5) is 0 Å². The minimum Gasteiger partial charge on any atom is -0.545 e. The molecule has 0 rings (SSSR count). The predicted octanol–water partition coefficient (Wildman–Crippen LogP) is 13.5. The van der Waals surface area contributed by atoms with Gasteiger partial charge in [-0.05, 0) is 38.5 Å². The maximum Gasteiger partial charge on any atom is 0.306 e. The Balaban J connectivity index is 4.18. The number of likely N-dealkylation sites (N-methyl/N-ethyl adjacent to an activating group) is 1. The van der Waals surface area contributed by atoms with Crippen LogP contribution in [-0.2, 0) is 33.3 Å². The first-order valence-electron chi connectivity index (χ1n) is 26.5. The van der Waals surface area contributed by atoms with Crippen LogP contribution in [0.25, 0.3) is 0 Å². The third kappa shape index (κ3) is 47.5. The second kappa shape index (κ2) is 46.3. The number of allylic oxidation sites excluding steroid dienone is 4. The summed E-state index contributed by atoms with van der Waals surface area (Å²) in [6.45, 7) is 4.69. The molecule has 0 bridgehead atoms. The number of carboxylic acid groups (broad SMARTS) is 1. The quantitative estimate of drug-likeness (QED) is 0.0195. The van der Waals surface area contributed by atoms with Crippen molar-refractivity contribution in [3.63, 3.8) is 0 Å². The molecule has 63 heavy (non-hydrogen) atoms. The number of ether oxygens (including phenoxy) is 4. The summed E-state index contributed by atoms with van der Waals surface area (Å²) >= 11 is 0. The molecular formula is C54H101NO8. The highest BCUT2D eigenvalue weighted by molar-refractivity contribution is 5.70. The molecule has 0 aliphatic heterocycles. The van der Waals surface area contributed by atoms with Gasteiger partial charge < -0.3 is 33.3 Å². The van der Waals surface area contributed by atoms with Crippen LogP contribution in [0, 0.1) is 0 Å². The van der Waals surface area contributed by atoms with Crippen LogP contribution in [0.1, 0.15) is 245 Å². The topological polar surface area (TPSA) is 111 Å². The van der Waals surface area contributed by atoms with Gasteiger partial charge in [0.1, 0.15) is 13.2 Å². The van der Waals surface area contributed by atoms with E-state index in [1.807, 2.05) is 21.1 Å². The number of carboxylic acids is 1. The molecule has 0 fully saturated rings. The number of rotatable bonds is 49. The molecule has 9 heteroatoms. The summed E-state index contributed by atoms with van der Waals surface area (Å²) < 4.78 is 22.6. The van der Waals surface area contributed by atoms with Gasteiger partial charge in [-0.15, -0.1) is 0 Å². The van der Waals surface area contributed by atoms with Gasteiger partial charge in [0.25, 0.3) is 0 Å². The monoisotopic (exact) mass is 892 g/mol. The molecule has 2 unspecified atom stereocenters. The molecule has 0 saturated carbocycles. The van der Waals surface area contributed by atoms with Crippen molar-refractivity contribution in [2.75, 3.05) is 47.5 Å². The molecule has 0 N–H and O–H groups in total. The number of carbonyl (C=O) groups is 3. The van der Waals surface area contributed by atoms with Crippen molar-refractivity contribution in [3.05, 3.63) is 24.3 Å². The summed E-state index contributed by atoms with van der Waals surface area (Å²) in [7, 11) is 5.91. The van der Waals surface area contributed by atoms with Crippen LogP contribution in [0.5, 0.6) is 0 Å². The van der Waals surface area contributed by atoms with E-state index >= 15 is 0 Å². The van der Waals surface area contributed by atoms with E-state index in [9.17, 15) is 19.5 Å². The standard InChI is InChI=1S/C54H101NO8/c1-6-8-10-12-14-16-18-20-21-22-23-24-25-26-27-28-29-30-31-33-34-36-38-40-42-44-51(56)61-48-50(49-62-54(53(58)59)60-47-46-55(3,4)5)63-52(57)45-43-41-39-37-35-32-19-17-15-13-11-9-7-2/h11,13,17,19,50,54H,6-10,12,14-16,18,20-49H2,1-5H3/b13-11-,19-17-. The average molecular weight is 892 g/mol. The molecule has 0 aliphatic carbocycles. The van der Waals surface area contributed by atoms with Crippen LogP contribution in [0.2, 0.25) is 0 Å². The molecule has 0 radical (unpaired) electrons.